The Hall–Kier alpha value is -1.88. The first-order valence-corrected chi connectivity index (χ1v) is 7.72. The number of aromatic nitrogens is 2. The van der Waals surface area contributed by atoms with Crippen LogP contribution in [-0.2, 0) is 0 Å². The van der Waals surface area contributed by atoms with E-state index < -0.39 is 0 Å². The zero-order chi connectivity index (χ0) is 14.7. The van der Waals surface area contributed by atoms with E-state index in [1.165, 1.54) is 0 Å². The zero-order valence-electron chi connectivity index (χ0n) is 12.4. The fraction of sp³-hybridized carbons (Fsp3) is 0.500. The molecule has 1 aromatic carbocycles. The quantitative estimate of drug-likeness (QED) is 0.904. The van der Waals surface area contributed by atoms with Gasteiger partial charge in [-0.05, 0) is 44.8 Å². The van der Waals surface area contributed by atoms with Gasteiger partial charge in [0.15, 0.2) is 5.69 Å². The summed E-state index contributed by atoms with van der Waals surface area (Å²) in [6, 6.07) is 7.78. The lowest BCUT2D eigenvalue weighted by atomic mass is 9.97. The third-order valence-corrected chi connectivity index (χ3v) is 4.28. The summed E-state index contributed by atoms with van der Waals surface area (Å²) in [6.45, 7) is 5.71. The Bertz CT molecular complexity index is 616. The molecule has 0 aliphatic carbocycles. The number of carbonyl (C=O) groups is 1. The Labute approximate surface area is 124 Å². The van der Waals surface area contributed by atoms with Crippen LogP contribution in [-0.4, -0.2) is 47.2 Å². The number of aromatic amines is 1. The Morgan fingerprint density at radius 1 is 1.33 bits per heavy atom. The first-order valence-electron chi connectivity index (χ1n) is 7.72. The number of hydrogen-bond donors (Lipinski definition) is 2. The summed E-state index contributed by atoms with van der Waals surface area (Å²) in [5, 5.41) is 11.4. The number of para-hydroxylation sites is 1. The van der Waals surface area contributed by atoms with Gasteiger partial charge in [0.25, 0.3) is 5.91 Å². The lowest BCUT2D eigenvalue weighted by molar-refractivity contribution is 0.0722. The Kier molecular flexibility index (Phi) is 4.20. The normalized spacial score (nSPS) is 16.2. The predicted octanol–water partition coefficient (Wildman–Crippen LogP) is 2.02. The number of nitrogens with one attached hydrogen (secondary N) is 2. The van der Waals surface area contributed by atoms with Crippen LogP contribution in [0.15, 0.2) is 24.3 Å². The molecule has 5 nitrogen and oxygen atoms in total. The van der Waals surface area contributed by atoms with Crippen molar-refractivity contribution < 1.29 is 4.79 Å². The molecule has 1 saturated heterocycles. The number of fused-ring (bicyclic) bond motifs is 1. The predicted molar refractivity (Wildman–Crippen MR) is 83.3 cm³/mol. The molecule has 2 heterocycles. The molecule has 1 aromatic heterocycles. The van der Waals surface area contributed by atoms with E-state index in [1.807, 2.05) is 36.1 Å². The van der Waals surface area contributed by atoms with E-state index in [1.54, 1.807) is 0 Å². The second-order valence-electron chi connectivity index (χ2n) is 5.65. The third-order valence-electron chi connectivity index (χ3n) is 4.28. The van der Waals surface area contributed by atoms with Gasteiger partial charge in [-0.15, -0.1) is 0 Å². The van der Waals surface area contributed by atoms with Crippen LogP contribution in [0.1, 0.15) is 30.3 Å². The van der Waals surface area contributed by atoms with E-state index in [0.717, 1.165) is 49.9 Å². The fourth-order valence-corrected chi connectivity index (χ4v) is 3.01. The largest absolute Gasteiger partial charge is 0.337 e. The van der Waals surface area contributed by atoms with Crippen molar-refractivity contribution in [3.63, 3.8) is 0 Å². The van der Waals surface area contributed by atoms with Crippen molar-refractivity contribution in [2.75, 3.05) is 26.2 Å². The van der Waals surface area contributed by atoms with Crippen LogP contribution in [0.4, 0.5) is 0 Å². The minimum absolute atomic E-state index is 0.0356. The van der Waals surface area contributed by atoms with E-state index in [0.29, 0.717) is 11.6 Å². The van der Waals surface area contributed by atoms with Gasteiger partial charge in [0.1, 0.15) is 0 Å². The molecule has 1 fully saturated rings. The van der Waals surface area contributed by atoms with Gasteiger partial charge in [0.2, 0.25) is 0 Å². The molecular formula is C16H22N4O. The average molecular weight is 286 g/mol. The standard InChI is InChI=1S/C16H22N4O/c1-2-20(11-12-7-9-17-10-8-12)16(21)15-13-5-3-4-6-14(13)18-19-15/h3-6,12,17H,2,7-11H2,1H3,(H,18,19). The molecule has 0 spiro atoms. The summed E-state index contributed by atoms with van der Waals surface area (Å²) in [5.41, 5.74) is 1.46. The van der Waals surface area contributed by atoms with Crippen molar-refractivity contribution in [1.82, 2.24) is 20.4 Å². The van der Waals surface area contributed by atoms with Crippen LogP contribution in [0.3, 0.4) is 0 Å². The van der Waals surface area contributed by atoms with E-state index in [2.05, 4.69) is 15.5 Å². The Balaban J connectivity index is 1.78. The van der Waals surface area contributed by atoms with E-state index in [4.69, 9.17) is 0 Å². The highest BCUT2D eigenvalue weighted by molar-refractivity contribution is 6.04. The maximum Gasteiger partial charge on any atom is 0.274 e. The van der Waals surface area contributed by atoms with Gasteiger partial charge in [-0.1, -0.05) is 18.2 Å². The van der Waals surface area contributed by atoms with Crippen molar-refractivity contribution >= 4 is 16.8 Å². The van der Waals surface area contributed by atoms with Crippen molar-refractivity contribution in [2.45, 2.75) is 19.8 Å². The maximum atomic E-state index is 12.8. The van der Waals surface area contributed by atoms with Crippen LogP contribution in [0.2, 0.25) is 0 Å². The van der Waals surface area contributed by atoms with Gasteiger partial charge in [0, 0.05) is 18.5 Å². The topological polar surface area (TPSA) is 61.0 Å². The number of piperidine rings is 1. The monoisotopic (exact) mass is 286 g/mol. The molecule has 0 saturated carbocycles. The van der Waals surface area contributed by atoms with Crippen LogP contribution in [0.5, 0.6) is 0 Å². The molecule has 21 heavy (non-hydrogen) atoms. The second-order valence-corrected chi connectivity index (χ2v) is 5.65. The molecular weight excluding hydrogens is 264 g/mol. The summed E-state index contributed by atoms with van der Waals surface area (Å²) in [5.74, 6) is 0.633. The van der Waals surface area contributed by atoms with Gasteiger partial charge in [-0.3, -0.25) is 9.89 Å². The van der Waals surface area contributed by atoms with Crippen LogP contribution >= 0.6 is 0 Å². The minimum atomic E-state index is 0.0356. The maximum absolute atomic E-state index is 12.8. The molecule has 1 aliphatic rings. The van der Waals surface area contributed by atoms with E-state index in [9.17, 15) is 4.79 Å². The second kappa shape index (κ2) is 6.26. The van der Waals surface area contributed by atoms with Gasteiger partial charge in [-0.2, -0.15) is 5.10 Å². The zero-order valence-corrected chi connectivity index (χ0v) is 12.4. The molecule has 1 amide bonds. The first kappa shape index (κ1) is 14.1. The summed E-state index contributed by atoms with van der Waals surface area (Å²) in [7, 11) is 0. The summed E-state index contributed by atoms with van der Waals surface area (Å²) < 4.78 is 0. The van der Waals surface area contributed by atoms with Crippen LogP contribution in [0, 0.1) is 5.92 Å². The van der Waals surface area contributed by atoms with Crippen molar-refractivity contribution in [2.24, 2.45) is 5.92 Å². The van der Waals surface area contributed by atoms with Crippen LogP contribution in [0.25, 0.3) is 10.9 Å². The molecule has 0 bridgehead atoms. The summed E-state index contributed by atoms with van der Waals surface area (Å²) >= 11 is 0. The lowest BCUT2D eigenvalue weighted by Gasteiger charge is -2.29. The third kappa shape index (κ3) is 2.93. The molecule has 5 heteroatoms. The van der Waals surface area contributed by atoms with Crippen LogP contribution < -0.4 is 5.32 Å². The summed E-state index contributed by atoms with van der Waals surface area (Å²) in [6.07, 6.45) is 2.29. The van der Waals surface area contributed by atoms with E-state index >= 15 is 0 Å². The molecule has 0 atom stereocenters. The number of benzene rings is 1. The highest BCUT2D eigenvalue weighted by Gasteiger charge is 2.23. The highest BCUT2D eigenvalue weighted by atomic mass is 16.2. The SMILES string of the molecule is CCN(CC1CCNCC1)C(=O)c1n[nH]c2ccccc12. The smallest absolute Gasteiger partial charge is 0.274 e. The average Bonchev–Trinajstić information content (AvgIpc) is 2.97. The fourth-order valence-electron chi connectivity index (χ4n) is 3.01. The summed E-state index contributed by atoms with van der Waals surface area (Å²) in [4.78, 5) is 14.7. The molecule has 112 valence electrons. The number of nitrogens with zero attached hydrogens (tertiary/aromatic N) is 2. The van der Waals surface area contributed by atoms with Gasteiger partial charge < -0.3 is 10.2 Å². The molecule has 0 unspecified atom stereocenters. The first-order chi connectivity index (χ1) is 10.3. The highest BCUT2D eigenvalue weighted by Crippen LogP contribution is 2.19. The number of hydrogen-bond acceptors (Lipinski definition) is 3. The molecule has 2 aromatic rings. The van der Waals surface area contributed by atoms with Crippen molar-refractivity contribution in [1.29, 1.82) is 0 Å². The van der Waals surface area contributed by atoms with E-state index in [-0.39, 0.29) is 5.91 Å². The molecule has 2 N–H and O–H groups in total. The number of carbonyl (C=O) groups excluding carboxylic acids is 1. The molecule has 3 rings (SSSR count). The van der Waals surface area contributed by atoms with Gasteiger partial charge >= 0.3 is 0 Å². The number of H-pyrrole nitrogens is 1. The van der Waals surface area contributed by atoms with Gasteiger partial charge in [-0.25, -0.2) is 0 Å². The lowest BCUT2D eigenvalue weighted by Crippen LogP contribution is -2.39. The Morgan fingerprint density at radius 3 is 2.86 bits per heavy atom. The molecule has 0 radical (unpaired) electrons. The minimum Gasteiger partial charge on any atom is -0.337 e. The number of amides is 1. The van der Waals surface area contributed by atoms with Crippen molar-refractivity contribution in [3.05, 3.63) is 30.0 Å². The number of rotatable bonds is 4. The van der Waals surface area contributed by atoms with Crippen molar-refractivity contribution in [3.8, 4) is 0 Å². The Morgan fingerprint density at radius 2 is 2.10 bits per heavy atom. The molecule has 1 aliphatic heterocycles. The van der Waals surface area contributed by atoms with Gasteiger partial charge in [0.05, 0.1) is 5.52 Å².